The Hall–Kier alpha value is -1.36. The Labute approximate surface area is 130 Å². The van der Waals surface area contributed by atoms with Crippen LogP contribution in [0.3, 0.4) is 0 Å². The van der Waals surface area contributed by atoms with E-state index in [1.807, 2.05) is 18.2 Å². The summed E-state index contributed by atoms with van der Waals surface area (Å²) in [5.41, 5.74) is 3.35. The van der Waals surface area contributed by atoms with Crippen molar-refractivity contribution >= 4 is 51.7 Å². The maximum absolute atomic E-state index is 6.29. The normalized spacial score (nSPS) is 12.6. The number of rotatable bonds is 3. The van der Waals surface area contributed by atoms with Gasteiger partial charge in [-0.25, -0.2) is 0 Å². The van der Waals surface area contributed by atoms with Gasteiger partial charge < -0.3 is 5.32 Å². The summed E-state index contributed by atoms with van der Waals surface area (Å²) in [5, 5.41) is 4.47. The fourth-order valence-electron chi connectivity index (χ4n) is 2.05. The molecule has 3 rings (SSSR count). The van der Waals surface area contributed by atoms with Gasteiger partial charge in [0.25, 0.3) is 0 Å². The van der Waals surface area contributed by atoms with Crippen molar-refractivity contribution < 1.29 is 0 Å². The SMILES string of the molecule is CC(Nc1c(Cl)cc(Cl)c2nsnc12)c1ccccc1. The van der Waals surface area contributed by atoms with Gasteiger partial charge in [0.05, 0.1) is 27.5 Å². The molecule has 6 heteroatoms. The molecular formula is C14H11Cl2N3S. The molecule has 1 atom stereocenters. The number of benzene rings is 2. The highest BCUT2D eigenvalue weighted by Gasteiger charge is 2.16. The first kappa shape index (κ1) is 13.6. The second kappa shape index (κ2) is 5.56. The van der Waals surface area contributed by atoms with Gasteiger partial charge in [-0.2, -0.15) is 8.75 Å². The minimum absolute atomic E-state index is 0.111. The molecular weight excluding hydrogens is 313 g/mol. The van der Waals surface area contributed by atoms with Gasteiger partial charge in [0.15, 0.2) is 0 Å². The van der Waals surface area contributed by atoms with Crippen molar-refractivity contribution in [3.63, 3.8) is 0 Å². The molecule has 0 aliphatic heterocycles. The highest BCUT2D eigenvalue weighted by Crippen LogP contribution is 2.36. The van der Waals surface area contributed by atoms with E-state index in [2.05, 4.69) is 33.1 Å². The second-order valence-corrected chi connectivity index (χ2v) is 5.80. The number of nitrogens with zero attached hydrogens (tertiary/aromatic N) is 2. The van der Waals surface area contributed by atoms with Crippen LogP contribution < -0.4 is 5.32 Å². The zero-order valence-electron chi connectivity index (χ0n) is 10.6. The maximum atomic E-state index is 6.29. The number of aromatic nitrogens is 2. The predicted octanol–water partition coefficient (Wildman–Crippen LogP) is 5.17. The number of fused-ring (bicyclic) bond motifs is 1. The van der Waals surface area contributed by atoms with Gasteiger partial charge in [-0.3, -0.25) is 0 Å². The van der Waals surface area contributed by atoms with E-state index in [0.717, 1.165) is 22.9 Å². The van der Waals surface area contributed by atoms with E-state index in [1.54, 1.807) is 6.07 Å². The number of nitrogens with one attached hydrogen (secondary N) is 1. The van der Waals surface area contributed by atoms with Gasteiger partial charge in [-0.15, -0.1) is 0 Å². The number of halogens is 2. The van der Waals surface area contributed by atoms with Gasteiger partial charge in [-0.1, -0.05) is 53.5 Å². The standard InChI is InChI=1S/C14H11Cl2N3S/c1-8(9-5-3-2-4-6-9)17-12-10(15)7-11(16)13-14(12)19-20-18-13/h2-8,17H,1H3. The molecule has 1 aromatic heterocycles. The topological polar surface area (TPSA) is 37.8 Å². The smallest absolute Gasteiger partial charge is 0.130 e. The molecule has 0 aliphatic carbocycles. The third-order valence-corrected chi connectivity index (χ3v) is 4.22. The summed E-state index contributed by atoms with van der Waals surface area (Å²) in [6.07, 6.45) is 0. The van der Waals surface area contributed by atoms with Crippen molar-refractivity contribution in [2.75, 3.05) is 5.32 Å². The molecule has 0 radical (unpaired) electrons. The van der Waals surface area contributed by atoms with E-state index in [-0.39, 0.29) is 6.04 Å². The van der Waals surface area contributed by atoms with Gasteiger partial charge in [0.2, 0.25) is 0 Å². The highest BCUT2D eigenvalue weighted by atomic mass is 35.5. The van der Waals surface area contributed by atoms with Crippen LogP contribution in [-0.4, -0.2) is 8.75 Å². The average Bonchev–Trinajstić information content (AvgIpc) is 2.94. The molecule has 0 aliphatic rings. The first-order chi connectivity index (χ1) is 9.66. The molecule has 3 aromatic rings. The molecule has 0 spiro atoms. The summed E-state index contributed by atoms with van der Waals surface area (Å²) >= 11 is 13.5. The number of anilines is 1. The quantitative estimate of drug-likeness (QED) is 0.722. The number of hydrogen-bond acceptors (Lipinski definition) is 4. The average molecular weight is 324 g/mol. The van der Waals surface area contributed by atoms with E-state index < -0.39 is 0 Å². The van der Waals surface area contributed by atoms with E-state index >= 15 is 0 Å². The Bertz CT molecular complexity index is 743. The molecule has 0 amide bonds. The molecule has 20 heavy (non-hydrogen) atoms. The van der Waals surface area contributed by atoms with Crippen LogP contribution in [0.25, 0.3) is 11.0 Å². The van der Waals surface area contributed by atoms with Gasteiger partial charge in [0.1, 0.15) is 11.0 Å². The minimum atomic E-state index is 0.111. The van der Waals surface area contributed by atoms with Crippen LogP contribution in [0, 0.1) is 0 Å². The Kier molecular flexibility index (Phi) is 3.78. The molecule has 0 fully saturated rings. The molecule has 0 bridgehead atoms. The van der Waals surface area contributed by atoms with Gasteiger partial charge in [0, 0.05) is 6.04 Å². The van der Waals surface area contributed by atoms with Crippen molar-refractivity contribution in [2.45, 2.75) is 13.0 Å². The summed E-state index contributed by atoms with van der Waals surface area (Å²) in [4.78, 5) is 0. The van der Waals surface area contributed by atoms with Crippen molar-refractivity contribution in [1.29, 1.82) is 0 Å². The zero-order valence-corrected chi connectivity index (χ0v) is 12.9. The Morgan fingerprint density at radius 3 is 2.50 bits per heavy atom. The summed E-state index contributed by atoms with van der Waals surface area (Å²) < 4.78 is 8.49. The van der Waals surface area contributed by atoms with Crippen molar-refractivity contribution in [2.24, 2.45) is 0 Å². The van der Waals surface area contributed by atoms with Crippen molar-refractivity contribution in [3.8, 4) is 0 Å². The molecule has 3 nitrogen and oxygen atoms in total. The highest BCUT2D eigenvalue weighted by molar-refractivity contribution is 7.00. The van der Waals surface area contributed by atoms with Crippen LogP contribution in [0.4, 0.5) is 5.69 Å². The third-order valence-electron chi connectivity index (χ3n) is 3.10. The zero-order chi connectivity index (χ0) is 14.1. The first-order valence-electron chi connectivity index (χ1n) is 6.08. The summed E-state index contributed by atoms with van der Waals surface area (Å²) in [6, 6.07) is 12.0. The Morgan fingerprint density at radius 1 is 1.05 bits per heavy atom. The molecule has 2 aromatic carbocycles. The summed E-state index contributed by atoms with van der Waals surface area (Å²) in [5.74, 6) is 0. The lowest BCUT2D eigenvalue weighted by Crippen LogP contribution is -2.07. The lowest BCUT2D eigenvalue weighted by atomic mass is 10.1. The lowest BCUT2D eigenvalue weighted by Gasteiger charge is -2.17. The molecule has 1 heterocycles. The lowest BCUT2D eigenvalue weighted by molar-refractivity contribution is 0.886. The number of hydrogen-bond donors (Lipinski definition) is 1. The molecule has 102 valence electrons. The largest absolute Gasteiger partial charge is 0.375 e. The van der Waals surface area contributed by atoms with E-state index in [0.29, 0.717) is 15.6 Å². The van der Waals surface area contributed by atoms with Crippen LogP contribution in [0.2, 0.25) is 10.0 Å². The Morgan fingerprint density at radius 2 is 1.75 bits per heavy atom. The van der Waals surface area contributed by atoms with Crippen LogP contribution in [0.1, 0.15) is 18.5 Å². The van der Waals surface area contributed by atoms with E-state index in [4.69, 9.17) is 23.2 Å². The molecule has 1 N–H and O–H groups in total. The minimum Gasteiger partial charge on any atom is -0.375 e. The van der Waals surface area contributed by atoms with Crippen molar-refractivity contribution in [1.82, 2.24) is 8.75 Å². The van der Waals surface area contributed by atoms with Crippen LogP contribution in [0.5, 0.6) is 0 Å². The Balaban J connectivity index is 2.01. The summed E-state index contributed by atoms with van der Waals surface area (Å²) in [6.45, 7) is 2.08. The molecule has 0 saturated carbocycles. The predicted molar refractivity (Wildman–Crippen MR) is 85.9 cm³/mol. The summed E-state index contributed by atoms with van der Waals surface area (Å²) in [7, 11) is 0. The maximum Gasteiger partial charge on any atom is 0.130 e. The monoisotopic (exact) mass is 323 g/mol. The van der Waals surface area contributed by atoms with Crippen molar-refractivity contribution in [3.05, 3.63) is 52.0 Å². The van der Waals surface area contributed by atoms with E-state index in [1.165, 1.54) is 5.56 Å². The fourth-order valence-corrected chi connectivity index (χ4v) is 3.22. The molecule has 1 unspecified atom stereocenters. The van der Waals surface area contributed by atoms with E-state index in [9.17, 15) is 0 Å². The third kappa shape index (κ3) is 2.46. The van der Waals surface area contributed by atoms with Gasteiger partial charge in [-0.05, 0) is 18.6 Å². The fraction of sp³-hybridized carbons (Fsp3) is 0.143. The molecule has 0 saturated heterocycles. The van der Waals surface area contributed by atoms with Crippen LogP contribution in [0.15, 0.2) is 36.4 Å². The van der Waals surface area contributed by atoms with Gasteiger partial charge >= 0.3 is 0 Å². The first-order valence-corrected chi connectivity index (χ1v) is 7.57. The second-order valence-electron chi connectivity index (χ2n) is 4.45. The van der Waals surface area contributed by atoms with Crippen LogP contribution >= 0.6 is 34.9 Å². The van der Waals surface area contributed by atoms with Crippen LogP contribution in [-0.2, 0) is 0 Å².